The number of thioether (sulfide) groups is 1. The van der Waals surface area contributed by atoms with E-state index in [4.69, 9.17) is 9.72 Å². The van der Waals surface area contributed by atoms with Crippen LogP contribution < -0.4 is 10.2 Å². The molecule has 3 fully saturated rings. The van der Waals surface area contributed by atoms with Crippen molar-refractivity contribution >= 4 is 56.2 Å². The van der Waals surface area contributed by atoms with E-state index < -0.39 is 11.6 Å². The van der Waals surface area contributed by atoms with E-state index >= 15 is 0 Å². The predicted octanol–water partition coefficient (Wildman–Crippen LogP) is 3.09. The second-order valence-corrected chi connectivity index (χ2v) is 12.6. The number of aromatic nitrogens is 1. The molecule has 3 atom stereocenters. The average molecular weight is 577 g/mol. The summed E-state index contributed by atoms with van der Waals surface area (Å²) in [5.74, 6) is 2.62. The highest BCUT2D eigenvalue weighted by molar-refractivity contribution is 9.10. The van der Waals surface area contributed by atoms with Crippen molar-refractivity contribution in [1.82, 2.24) is 20.1 Å². The summed E-state index contributed by atoms with van der Waals surface area (Å²) in [5, 5.41) is 5.59. The van der Waals surface area contributed by atoms with Gasteiger partial charge in [-0.15, -0.1) is 11.8 Å². The number of hydrogen-bond donors (Lipinski definition) is 1. The van der Waals surface area contributed by atoms with Gasteiger partial charge in [0.2, 0.25) is 5.91 Å². The first-order valence-electron chi connectivity index (χ1n) is 12.6. The molecule has 1 aromatic carbocycles. The van der Waals surface area contributed by atoms with Crippen molar-refractivity contribution in [3.05, 3.63) is 34.9 Å². The van der Waals surface area contributed by atoms with Crippen LogP contribution in [0, 0.1) is 0 Å². The lowest BCUT2D eigenvalue weighted by atomic mass is 10.0. The van der Waals surface area contributed by atoms with Gasteiger partial charge < -0.3 is 19.9 Å². The molecule has 0 unspecified atom stereocenters. The second-order valence-electron chi connectivity index (χ2n) is 10.7. The number of hydrogen-bond acceptors (Lipinski definition) is 8. The predicted molar refractivity (Wildman–Crippen MR) is 147 cm³/mol. The number of rotatable bonds is 4. The van der Waals surface area contributed by atoms with E-state index in [-0.39, 0.29) is 24.0 Å². The zero-order valence-corrected chi connectivity index (χ0v) is 23.5. The van der Waals surface area contributed by atoms with Gasteiger partial charge in [-0.25, -0.2) is 4.98 Å². The summed E-state index contributed by atoms with van der Waals surface area (Å²) in [6.07, 6.45) is 2.54. The Labute approximate surface area is 225 Å². The topological polar surface area (TPSA) is 78.0 Å². The molecular formula is C26H34BrN5O3S. The molecule has 0 spiro atoms. The number of pyridine rings is 1. The van der Waals surface area contributed by atoms with Crippen molar-refractivity contribution in [1.29, 1.82) is 0 Å². The molecule has 0 bridgehead atoms. The van der Waals surface area contributed by atoms with Crippen molar-refractivity contribution in [2.45, 2.75) is 50.9 Å². The van der Waals surface area contributed by atoms with Gasteiger partial charge in [-0.05, 0) is 43.1 Å². The van der Waals surface area contributed by atoms with Gasteiger partial charge >= 0.3 is 5.97 Å². The van der Waals surface area contributed by atoms with Gasteiger partial charge in [0.1, 0.15) is 17.5 Å². The molecular weight excluding hydrogens is 542 g/mol. The monoisotopic (exact) mass is 575 g/mol. The second kappa shape index (κ2) is 10.5. The maximum absolute atomic E-state index is 13.5. The quantitative estimate of drug-likeness (QED) is 0.557. The van der Waals surface area contributed by atoms with Crippen molar-refractivity contribution in [3.63, 3.8) is 0 Å². The van der Waals surface area contributed by atoms with Crippen LogP contribution in [-0.2, 0) is 14.3 Å². The first kappa shape index (κ1) is 25.8. The third-order valence-electron chi connectivity index (χ3n) is 7.06. The molecule has 3 saturated heterocycles. The van der Waals surface area contributed by atoms with Gasteiger partial charge in [0.15, 0.2) is 0 Å². The van der Waals surface area contributed by atoms with Crippen LogP contribution in [0.4, 0.5) is 5.82 Å². The summed E-state index contributed by atoms with van der Waals surface area (Å²) in [7, 11) is 0. The molecule has 3 aliphatic rings. The Morgan fingerprint density at radius 1 is 1.17 bits per heavy atom. The average Bonchev–Trinajstić information content (AvgIpc) is 3.56. The van der Waals surface area contributed by atoms with E-state index in [0.29, 0.717) is 26.1 Å². The maximum atomic E-state index is 13.5. The van der Waals surface area contributed by atoms with Crippen LogP contribution in [0.1, 0.15) is 27.2 Å². The van der Waals surface area contributed by atoms with E-state index in [9.17, 15) is 9.59 Å². The smallest absolute Gasteiger partial charge is 0.325 e. The van der Waals surface area contributed by atoms with Gasteiger partial charge in [-0.3, -0.25) is 14.5 Å². The first-order valence-corrected chi connectivity index (χ1v) is 14.5. The summed E-state index contributed by atoms with van der Waals surface area (Å²) in [6.45, 7) is 9.15. The highest BCUT2D eigenvalue weighted by atomic mass is 79.9. The largest absolute Gasteiger partial charge is 0.459 e. The molecule has 10 heteroatoms. The number of anilines is 1. The van der Waals surface area contributed by atoms with Gasteiger partial charge in [-0.2, -0.15) is 0 Å². The van der Waals surface area contributed by atoms with E-state index in [0.717, 1.165) is 45.8 Å². The summed E-state index contributed by atoms with van der Waals surface area (Å²) < 4.78 is 6.83. The molecule has 0 radical (unpaired) electrons. The van der Waals surface area contributed by atoms with Gasteiger partial charge in [0.25, 0.3) is 0 Å². The van der Waals surface area contributed by atoms with E-state index in [2.05, 4.69) is 43.2 Å². The number of nitrogens with one attached hydrogen (secondary N) is 1. The summed E-state index contributed by atoms with van der Waals surface area (Å²) in [5.41, 5.74) is -0.576. The van der Waals surface area contributed by atoms with Crippen LogP contribution in [0.15, 0.2) is 34.9 Å². The van der Waals surface area contributed by atoms with Crippen molar-refractivity contribution in [2.24, 2.45) is 0 Å². The third-order valence-corrected chi connectivity index (χ3v) is 8.66. The van der Waals surface area contributed by atoms with Gasteiger partial charge in [0, 0.05) is 66.0 Å². The van der Waals surface area contributed by atoms with Crippen LogP contribution in [0.3, 0.4) is 0 Å². The van der Waals surface area contributed by atoms with Gasteiger partial charge in [0.05, 0.1) is 11.9 Å². The third kappa shape index (κ3) is 5.37. The van der Waals surface area contributed by atoms with Crippen LogP contribution in [0.25, 0.3) is 10.8 Å². The number of carbonyl (C=O) groups excluding carboxylic acids is 2. The van der Waals surface area contributed by atoms with Crippen molar-refractivity contribution < 1.29 is 14.3 Å². The minimum absolute atomic E-state index is 0.100. The number of carbonyl (C=O) groups is 2. The highest BCUT2D eigenvalue weighted by Crippen LogP contribution is 2.32. The number of nitrogens with zero attached hydrogens (tertiary/aromatic N) is 4. The van der Waals surface area contributed by atoms with Crippen LogP contribution >= 0.6 is 27.7 Å². The molecule has 4 heterocycles. The lowest BCUT2D eigenvalue weighted by Gasteiger charge is -2.44. The Morgan fingerprint density at radius 2 is 1.94 bits per heavy atom. The molecule has 2 aromatic rings. The first-order chi connectivity index (χ1) is 17.2. The fourth-order valence-electron chi connectivity index (χ4n) is 5.37. The van der Waals surface area contributed by atoms with Crippen LogP contribution in [0.2, 0.25) is 0 Å². The van der Waals surface area contributed by atoms with Crippen LogP contribution in [-0.4, -0.2) is 94.7 Å². The molecule has 8 nitrogen and oxygen atoms in total. The minimum atomic E-state index is -0.576. The molecule has 194 valence electrons. The number of ether oxygens (including phenoxy) is 1. The fourth-order valence-corrected chi connectivity index (χ4v) is 6.77. The standard InChI is InChI=1S/C26H34BrN5O3S/c1-26(2,3)35-25(34)22-15-30(23-19-7-5-4-6-18(19)20(27)14-29-23)8-9-32(22)17-12-21(28-13-17)24(33)31-10-11-36-16-31/h4-7,14,17,21-22,28H,8-13,15-16H2,1-3H3/t17-,21-,22-/m0/s1. The Morgan fingerprint density at radius 3 is 2.67 bits per heavy atom. The zero-order valence-electron chi connectivity index (χ0n) is 21.1. The Balaban J connectivity index is 1.37. The minimum Gasteiger partial charge on any atom is -0.459 e. The Kier molecular flexibility index (Phi) is 7.49. The summed E-state index contributed by atoms with van der Waals surface area (Å²) in [6, 6.07) is 7.65. The number of piperazine rings is 1. The number of amides is 1. The van der Waals surface area contributed by atoms with Gasteiger partial charge in [-0.1, -0.05) is 24.3 Å². The molecule has 0 saturated carbocycles. The Bertz CT molecular complexity index is 1140. The molecule has 36 heavy (non-hydrogen) atoms. The Hall–Kier alpha value is -1.88. The fraction of sp³-hybridized carbons (Fsp3) is 0.577. The van der Waals surface area contributed by atoms with Crippen molar-refractivity contribution in [2.75, 3.05) is 49.3 Å². The molecule has 3 aliphatic heterocycles. The number of fused-ring (bicyclic) bond motifs is 1. The SMILES string of the molecule is CC(C)(C)OC(=O)[C@@H]1CN(c2ncc(Br)c3ccccc23)CCN1[C@@H]1CN[C@H](C(=O)N2CCSC2)C1. The summed E-state index contributed by atoms with van der Waals surface area (Å²) >= 11 is 5.42. The molecule has 5 rings (SSSR count). The van der Waals surface area contributed by atoms with E-state index in [1.165, 1.54) is 0 Å². The molecule has 0 aliphatic carbocycles. The highest BCUT2D eigenvalue weighted by Gasteiger charge is 2.43. The summed E-state index contributed by atoms with van der Waals surface area (Å²) in [4.78, 5) is 37.6. The maximum Gasteiger partial charge on any atom is 0.325 e. The molecule has 1 aromatic heterocycles. The van der Waals surface area contributed by atoms with Crippen LogP contribution in [0.5, 0.6) is 0 Å². The number of benzene rings is 1. The number of esters is 1. The zero-order chi connectivity index (χ0) is 25.4. The lowest BCUT2D eigenvalue weighted by Crippen LogP contribution is -2.61. The van der Waals surface area contributed by atoms with Crippen molar-refractivity contribution in [3.8, 4) is 0 Å². The number of halogens is 1. The lowest BCUT2D eigenvalue weighted by molar-refractivity contribution is -0.162. The molecule has 1 amide bonds. The normalized spacial score (nSPS) is 25.5. The van der Waals surface area contributed by atoms with E-state index in [1.807, 2.05) is 44.0 Å². The van der Waals surface area contributed by atoms with E-state index in [1.54, 1.807) is 11.8 Å². The molecule has 1 N–H and O–H groups in total.